The average Bonchev–Trinajstić information content (AvgIpc) is 2.37. The number of methoxy groups -OCH3 is 1. The number of benzene rings is 1. The zero-order valence-electron chi connectivity index (χ0n) is 10.6. The number of aliphatic hydroxyl groups excluding tert-OH is 1. The molecule has 4 heteroatoms. The van der Waals surface area contributed by atoms with Gasteiger partial charge in [-0.05, 0) is 19.4 Å². The summed E-state index contributed by atoms with van der Waals surface area (Å²) in [5.74, 6) is -0.106. The van der Waals surface area contributed by atoms with E-state index >= 15 is 0 Å². The number of hydrogen-bond acceptors (Lipinski definition) is 3. The van der Waals surface area contributed by atoms with Gasteiger partial charge in [0.15, 0.2) is 11.6 Å². The van der Waals surface area contributed by atoms with Crippen LogP contribution in [0, 0.1) is 5.82 Å². The summed E-state index contributed by atoms with van der Waals surface area (Å²) in [7, 11) is 1.44. The summed E-state index contributed by atoms with van der Waals surface area (Å²) in [6, 6.07) is 5.04. The molecule has 0 saturated heterocycles. The van der Waals surface area contributed by atoms with Gasteiger partial charge in [-0.1, -0.05) is 19.1 Å². The van der Waals surface area contributed by atoms with E-state index in [1.165, 1.54) is 7.11 Å². The summed E-state index contributed by atoms with van der Waals surface area (Å²) in [6.07, 6.45) is 0.773. The molecule has 0 amide bonds. The van der Waals surface area contributed by atoms with E-state index in [0.717, 1.165) is 6.42 Å². The molecule has 2 N–H and O–H groups in total. The first-order valence-corrected chi connectivity index (χ1v) is 5.73. The second-order valence-corrected chi connectivity index (χ2v) is 4.36. The zero-order valence-corrected chi connectivity index (χ0v) is 10.6. The highest BCUT2D eigenvalue weighted by molar-refractivity contribution is 5.31. The van der Waals surface area contributed by atoms with Crippen LogP contribution in [-0.4, -0.2) is 24.4 Å². The molecular weight excluding hydrogens is 221 g/mol. The van der Waals surface area contributed by atoms with Crippen LogP contribution >= 0.6 is 0 Å². The molecule has 1 aromatic rings. The van der Waals surface area contributed by atoms with Crippen molar-refractivity contribution in [3.63, 3.8) is 0 Å². The van der Waals surface area contributed by atoms with Crippen molar-refractivity contribution in [2.45, 2.75) is 32.4 Å². The Morgan fingerprint density at radius 3 is 2.71 bits per heavy atom. The predicted molar refractivity (Wildman–Crippen MR) is 65.6 cm³/mol. The molecule has 0 bridgehead atoms. The molecular formula is C13H20FNO2. The first-order valence-electron chi connectivity index (χ1n) is 5.73. The van der Waals surface area contributed by atoms with E-state index in [2.05, 4.69) is 5.32 Å². The lowest BCUT2D eigenvalue weighted by Gasteiger charge is -2.27. The minimum Gasteiger partial charge on any atom is -0.494 e. The van der Waals surface area contributed by atoms with E-state index in [9.17, 15) is 9.50 Å². The molecule has 0 fully saturated rings. The summed E-state index contributed by atoms with van der Waals surface area (Å²) < 4.78 is 18.7. The molecule has 0 aromatic heterocycles. The number of hydrogen-bond donors (Lipinski definition) is 2. The molecule has 0 saturated carbocycles. The lowest BCUT2D eigenvalue weighted by Crippen LogP contribution is -2.44. The van der Waals surface area contributed by atoms with Crippen molar-refractivity contribution in [3.05, 3.63) is 29.6 Å². The SMILES string of the molecule is CCC(C)(CO)NCc1cccc(OC)c1F. The molecule has 3 nitrogen and oxygen atoms in total. The van der Waals surface area contributed by atoms with E-state index in [4.69, 9.17) is 4.74 Å². The van der Waals surface area contributed by atoms with Crippen molar-refractivity contribution < 1.29 is 14.2 Å². The van der Waals surface area contributed by atoms with Gasteiger partial charge in [0.05, 0.1) is 13.7 Å². The second kappa shape index (κ2) is 5.98. The fourth-order valence-corrected chi connectivity index (χ4v) is 1.45. The minimum absolute atomic E-state index is 0.0229. The number of rotatable bonds is 6. The summed E-state index contributed by atoms with van der Waals surface area (Å²) in [5.41, 5.74) is 0.160. The quantitative estimate of drug-likeness (QED) is 0.801. The van der Waals surface area contributed by atoms with Gasteiger partial charge in [-0.15, -0.1) is 0 Å². The van der Waals surface area contributed by atoms with E-state index < -0.39 is 0 Å². The van der Waals surface area contributed by atoms with Crippen LogP contribution in [0.2, 0.25) is 0 Å². The van der Waals surface area contributed by atoms with Gasteiger partial charge in [0.1, 0.15) is 0 Å². The van der Waals surface area contributed by atoms with Crippen molar-refractivity contribution in [1.29, 1.82) is 0 Å². The number of nitrogens with one attached hydrogen (secondary N) is 1. The van der Waals surface area contributed by atoms with Crippen LogP contribution in [-0.2, 0) is 6.54 Å². The highest BCUT2D eigenvalue weighted by Crippen LogP contribution is 2.20. The fraction of sp³-hybridized carbons (Fsp3) is 0.538. The van der Waals surface area contributed by atoms with E-state index in [1.54, 1.807) is 18.2 Å². The minimum atomic E-state index is -0.379. The molecule has 96 valence electrons. The molecule has 17 heavy (non-hydrogen) atoms. The summed E-state index contributed by atoms with van der Waals surface area (Å²) in [6.45, 7) is 4.28. The molecule has 0 aliphatic rings. The summed E-state index contributed by atoms with van der Waals surface area (Å²) >= 11 is 0. The largest absolute Gasteiger partial charge is 0.494 e. The van der Waals surface area contributed by atoms with Crippen molar-refractivity contribution >= 4 is 0 Å². The standard InChI is InChI=1S/C13H20FNO2/c1-4-13(2,9-16)15-8-10-6-5-7-11(17-3)12(10)14/h5-7,15-16H,4,8-9H2,1-3H3. The van der Waals surface area contributed by atoms with E-state index in [1.807, 2.05) is 13.8 Å². The van der Waals surface area contributed by atoms with Crippen LogP contribution in [0.4, 0.5) is 4.39 Å². The first kappa shape index (κ1) is 13.9. The van der Waals surface area contributed by atoms with Gasteiger partial charge in [0.25, 0.3) is 0 Å². The zero-order chi connectivity index (χ0) is 12.9. The number of aliphatic hydroxyl groups is 1. The van der Waals surface area contributed by atoms with Crippen LogP contribution in [0.5, 0.6) is 5.75 Å². The van der Waals surface area contributed by atoms with Gasteiger partial charge in [0, 0.05) is 17.6 Å². The monoisotopic (exact) mass is 241 g/mol. The van der Waals surface area contributed by atoms with Crippen molar-refractivity contribution in [2.75, 3.05) is 13.7 Å². The summed E-state index contributed by atoms with van der Waals surface area (Å²) in [4.78, 5) is 0. The molecule has 1 atom stereocenters. The maximum Gasteiger partial charge on any atom is 0.169 e. The molecule has 0 heterocycles. The van der Waals surface area contributed by atoms with E-state index in [0.29, 0.717) is 12.1 Å². The van der Waals surface area contributed by atoms with Gasteiger partial charge >= 0.3 is 0 Å². The Kier molecular flexibility index (Phi) is 4.90. The lowest BCUT2D eigenvalue weighted by molar-refractivity contribution is 0.168. The first-order chi connectivity index (χ1) is 8.06. The number of ether oxygens (including phenoxy) is 1. The molecule has 0 spiro atoms. The molecule has 1 aromatic carbocycles. The summed E-state index contributed by atoms with van der Waals surface area (Å²) in [5, 5.41) is 12.4. The predicted octanol–water partition coefficient (Wildman–Crippen LogP) is 2.08. The van der Waals surface area contributed by atoms with Crippen molar-refractivity contribution in [3.8, 4) is 5.75 Å². The molecule has 0 radical (unpaired) electrons. The Bertz CT molecular complexity index is 364. The normalized spacial score (nSPS) is 14.4. The second-order valence-electron chi connectivity index (χ2n) is 4.36. The molecule has 0 aliphatic heterocycles. The fourth-order valence-electron chi connectivity index (χ4n) is 1.45. The highest BCUT2D eigenvalue weighted by atomic mass is 19.1. The van der Waals surface area contributed by atoms with Crippen LogP contribution in [0.25, 0.3) is 0 Å². The molecule has 1 unspecified atom stereocenters. The third-order valence-corrected chi connectivity index (χ3v) is 3.10. The van der Waals surface area contributed by atoms with Crippen LogP contribution < -0.4 is 10.1 Å². The Morgan fingerprint density at radius 1 is 1.47 bits per heavy atom. The Morgan fingerprint density at radius 2 is 2.18 bits per heavy atom. The van der Waals surface area contributed by atoms with Gasteiger partial charge in [-0.25, -0.2) is 4.39 Å². The Balaban J connectivity index is 2.76. The van der Waals surface area contributed by atoms with Gasteiger partial charge in [0.2, 0.25) is 0 Å². The van der Waals surface area contributed by atoms with E-state index in [-0.39, 0.29) is 23.7 Å². The van der Waals surface area contributed by atoms with Gasteiger partial charge in [-0.3, -0.25) is 0 Å². The van der Waals surface area contributed by atoms with Crippen molar-refractivity contribution in [1.82, 2.24) is 5.32 Å². The third kappa shape index (κ3) is 3.41. The Labute approximate surface area is 102 Å². The molecule has 1 rings (SSSR count). The smallest absolute Gasteiger partial charge is 0.169 e. The number of halogens is 1. The van der Waals surface area contributed by atoms with Crippen molar-refractivity contribution in [2.24, 2.45) is 0 Å². The maximum atomic E-state index is 13.8. The van der Waals surface area contributed by atoms with Crippen LogP contribution in [0.3, 0.4) is 0 Å². The molecule has 0 aliphatic carbocycles. The lowest BCUT2D eigenvalue weighted by atomic mass is 10.00. The highest BCUT2D eigenvalue weighted by Gasteiger charge is 2.20. The van der Waals surface area contributed by atoms with Gasteiger partial charge < -0.3 is 15.2 Å². The van der Waals surface area contributed by atoms with Crippen LogP contribution in [0.15, 0.2) is 18.2 Å². The Hall–Kier alpha value is -1.13. The van der Waals surface area contributed by atoms with Crippen LogP contribution in [0.1, 0.15) is 25.8 Å². The maximum absolute atomic E-state index is 13.8. The van der Waals surface area contributed by atoms with Gasteiger partial charge in [-0.2, -0.15) is 0 Å². The average molecular weight is 241 g/mol. The topological polar surface area (TPSA) is 41.5 Å². The third-order valence-electron chi connectivity index (χ3n) is 3.10.